The minimum atomic E-state index is -0.141. The zero-order valence-corrected chi connectivity index (χ0v) is 22.2. The summed E-state index contributed by atoms with van der Waals surface area (Å²) in [6.45, 7) is 5.94. The maximum Gasteiger partial charge on any atom is 0.255 e. The van der Waals surface area contributed by atoms with Gasteiger partial charge in [-0.25, -0.2) is 0 Å². The van der Waals surface area contributed by atoms with Crippen LogP contribution in [0.2, 0.25) is 0 Å². The molecule has 2 amide bonds. The summed E-state index contributed by atoms with van der Waals surface area (Å²) in [5, 5.41) is 3.05. The number of halogens is 1. The summed E-state index contributed by atoms with van der Waals surface area (Å²) >= 11 is 3.66. The molecule has 0 spiro atoms. The third-order valence-electron chi connectivity index (χ3n) is 6.39. The molecular weight excluding hydrogens is 504 g/mol. The second kappa shape index (κ2) is 10.6. The number of nitrogens with one attached hydrogen (secondary N) is 1. The highest BCUT2D eigenvalue weighted by Gasteiger charge is 2.18. The van der Waals surface area contributed by atoms with Crippen LogP contribution >= 0.6 is 15.9 Å². The molecule has 7 heteroatoms. The van der Waals surface area contributed by atoms with Gasteiger partial charge in [0.15, 0.2) is 0 Å². The highest BCUT2D eigenvalue weighted by Crippen LogP contribution is 2.31. The van der Waals surface area contributed by atoms with Gasteiger partial charge in [-0.1, -0.05) is 18.2 Å². The van der Waals surface area contributed by atoms with Gasteiger partial charge < -0.3 is 20.0 Å². The Hall–Kier alpha value is -3.16. The predicted octanol–water partition coefficient (Wildman–Crippen LogP) is 5.13. The first-order valence-corrected chi connectivity index (χ1v) is 12.5. The normalized spacial score (nSPS) is 14.0. The van der Waals surface area contributed by atoms with E-state index in [4.69, 9.17) is 0 Å². The molecule has 1 saturated heterocycles. The molecule has 4 rings (SSSR count). The molecule has 0 aromatic heterocycles. The van der Waals surface area contributed by atoms with Crippen LogP contribution in [0.1, 0.15) is 26.3 Å². The minimum Gasteiger partial charge on any atom is -0.368 e. The number of carbonyl (C=O) groups excluding carboxylic acids is 2. The molecule has 1 aliphatic heterocycles. The number of likely N-dealkylation sites (N-methyl/N-ethyl adjacent to an activating group) is 1. The van der Waals surface area contributed by atoms with Crippen molar-refractivity contribution in [1.82, 2.24) is 9.80 Å². The fourth-order valence-electron chi connectivity index (χ4n) is 4.26. The fourth-order valence-corrected chi connectivity index (χ4v) is 4.76. The van der Waals surface area contributed by atoms with E-state index in [9.17, 15) is 9.59 Å². The van der Waals surface area contributed by atoms with Gasteiger partial charge in [-0.15, -0.1) is 0 Å². The van der Waals surface area contributed by atoms with Gasteiger partial charge in [-0.3, -0.25) is 9.59 Å². The summed E-state index contributed by atoms with van der Waals surface area (Å²) in [6.07, 6.45) is 0. The Kier molecular flexibility index (Phi) is 7.57. The Morgan fingerprint density at radius 1 is 0.886 bits per heavy atom. The van der Waals surface area contributed by atoms with E-state index in [0.29, 0.717) is 11.1 Å². The van der Waals surface area contributed by atoms with E-state index in [1.165, 1.54) is 0 Å². The van der Waals surface area contributed by atoms with Gasteiger partial charge in [0.05, 0.1) is 5.69 Å². The van der Waals surface area contributed by atoms with E-state index in [-0.39, 0.29) is 11.8 Å². The molecule has 3 aromatic carbocycles. The molecule has 1 fully saturated rings. The van der Waals surface area contributed by atoms with Gasteiger partial charge in [-0.05, 0) is 89.1 Å². The van der Waals surface area contributed by atoms with Crippen LogP contribution in [0.25, 0.3) is 11.1 Å². The third-order valence-corrected chi connectivity index (χ3v) is 7.06. The average molecular weight is 535 g/mol. The molecule has 0 aliphatic carbocycles. The van der Waals surface area contributed by atoms with Crippen LogP contribution in [-0.4, -0.2) is 68.9 Å². The van der Waals surface area contributed by atoms with Crippen molar-refractivity contribution in [2.24, 2.45) is 0 Å². The number of hydrogen-bond donors (Lipinski definition) is 1. The molecule has 0 radical (unpaired) electrons. The van der Waals surface area contributed by atoms with Crippen molar-refractivity contribution >= 4 is 39.1 Å². The third kappa shape index (κ3) is 5.74. The number of aryl methyl sites for hydroxylation is 1. The van der Waals surface area contributed by atoms with Gasteiger partial charge >= 0.3 is 0 Å². The van der Waals surface area contributed by atoms with E-state index in [0.717, 1.165) is 58.7 Å². The van der Waals surface area contributed by atoms with Gasteiger partial charge in [0, 0.05) is 61.6 Å². The van der Waals surface area contributed by atoms with Crippen LogP contribution in [0.4, 0.5) is 11.4 Å². The second-order valence-electron chi connectivity index (χ2n) is 9.22. The molecule has 182 valence electrons. The number of carbonyl (C=O) groups is 2. The number of hydrogen-bond acceptors (Lipinski definition) is 4. The summed E-state index contributed by atoms with van der Waals surface area (Å²) in [5.74, 6) is -0.165. The summed E-state index contributed by atoms with van der Waals surface area (Å²) in [6, 6.07) is 19.2. The number of anilines is 2. The van der Waals surface area contributed by atoms with Crippen molar-refractivity contribution in [3.05, 3.63) is 81.8 Å². The Morgan fingerprint density at radius 3 is 2.17 bits per heavy atom. The van der Waals surface area contributed by atoms with Crippen molar-refractivity contribution in [2.75, 3.05) is 57.5 Å². The molecule has 35 heavy (non-hydrogen) atoms. The number of benzene rings is 3. The van der Waals surface area contributed by atoms with Gasteiger partial charge in [0.25, 0.3) is 11.8 Å². The van der Waals surface area contributed by atoms with Crippen molar-refractivity contribution in [3.63, 3.8) is 0 Å². The van der Waals surface area contributed by atoms with E-state index >= 15 is 0 Å². The summed E-state index contributed by atoms with van der Waals surface area (Å²) in [4.78, 5) is 31.4. The van der Waals surface area contributed by atoms with E-state index < -0.39 is 0 Å². The fraction of sp³-hybridized carbons (Fsp3) is 0.286. The monoisotopic (exact) mass is 534 g/mol. The van der Waals surface area contributed by atoms with Crippen LogP contribution < -0.4 is 10.2 Å². The Balaban J connectivity index is 1.49. The largest absolute Gasteiger partial charge is 0.368 e. The number of nitrogens with zero attached hydrogens (tertiary/aromatic N) is 3. The van der Waals surface area contributed by atoms with Crippen LogP contribution in [0, 0.1) is 6.92 Å². The summed E-state index contributed by atoms with van der Waals surface area (Å²) < 4.78 is 1.03. The number of rotatable bonds is 5. The van der Waals surface area contributed by atoms with E-state index in [2.05, 4.69) is 38.1 Å². The maximum atomic E-state index is 13.0. The predicted molar refractivity (Wildman–Crippen MR) is 146 cm³/mol. The molecule has 1 N–H and O–H groups in total. The lowest BCUT2D eigenvalue weighted by Gasteiger charge is -2.34. The van der Waals surface area contributed by atoms with Crippen molar-refractivity contribution in [2.45, 2.75) is 6.92 Å². The van der Waals surface area contributed by atoms with E-state index in [1.807, 2.05) is 67.6 Å². The molecule has 3 aromatic rings. The Labute approximate surface area is 215 Å². The molecule has 0 saturated carbocycles. The number of piperazine rings is 1. The Bertz CT molecular complexity index is 1230. The molecule has 1 aliphatic rings. The molecule has 6 nitrogen and oxygen atoms in total. The molecule has 1 heterocycles. The lowest BCUT2D eigenvalue weighted by atomic mass is 9.97. The van der Waals surface area contributed by atoms with Crippen LogP contribution in [0.5, 0.6) is 0 Å². The first-order chi connectivity index (χ1) is 16.7. The smallest absolute Gasteiger partial charge is 0.255 e. The maximum absolute atomic E-state index is 13.0. The van der Waals surface area contributed by atoms with Gasteiger partial charge in [-0.2, -0.15) is 0 Å². The lowest BCUT2D eigenvalue weighted by molar-refractivity contribution is 0.0827. The first kappa shape index (κ1) is 24.9. The van der Waals surface area contributed by atoms with Crippen molar-refractivity contribution in [3.8, 4) is 11.1 Å². The molecule has 0 atom stereocenters. The van der Waals surface area contributed by atoms with Gasteiger partial charge in [0.2, 0.25) is 0 Å². The van der Waals surface area contributed by atoms with Crippen molar-refractivity contribution < 1.29 is 9.59 Å². The zero-order valence-electron chi connectivity index (χ0n) is 20.6. The van der Waals surface area contributed by atoms with E-state index in [1.54, 1.807) is 19.0 Å². The quantitative estimate of drug-likeness (QED) is 0.492. The minimum absolute atomic E-state index is 0.0241. The average Bonchev–Trinajstić information content (AvgIpc) is 2.85. The van der Waals surface area contributed by atoms with Crippen molar-refractivity contribution in [1.29, 1.82) is 0 Å². The molecule has 0 unspecified atom stereocenters. The SMILES string of the molecule is Cc1cc(C(=O)Nc2ccc(Br)c(N3CCN(C)CC3)c2)ccc1-c1ccc(C(=O)N(C)C)cc1. The van der Waals surface area contributed by atoms with Gasteiger partial charge in [0.1, 0.15) is 0 Å². The lowest BCUT2D eigenvalue weighted by Crippen LogP contribution is -2.44. The highest BCUT2D eigenvalue weighted by molar-refractivity contribution is 9.10. The Morgan fingerprint density at radius 2 is 1.54 bits per heavy atom. The second-order valence-corrected chi connectivity index (χ2v) is 10.1. The summed E-state index contributed by atoms with van der Waals surface area (Å²) in [7, 11) is 5.62. The van der Waals surface area contributed by atoms with Crippen LogP contribution in [0.15, 0.2) is 65.1 Å². The molecule has 0 bridgehead atoms. The highest BCUT2D eigenvalue weighted by atomic mass is 79.9. The number of amides is 2. The molecular formula is C28H31BrN4O2. The first-order valence-electron chi connectivity index (χ1n) is 11.7. The summed E-state index contributed by atoms with van der Waals surface area (Å²) in [5.41, 5.74) is 6.17. The zero-order chi connectivity index (χ0) is 25.1. The van der Waals surface area contributed by atoms with Crippen LogP contribution in [0.3, 0.4) is 0 Å². The topological polar surface area (TPSA) is 55.9 Å². The van der Waals surface area contributed by atoms with Crippen LogP contribution in [-0.2, 0) is 0 Å². The standard InChI is InChI=1S/C28H31BrN4O2/c1-19-17-22(9-11-24(19)20-5-7-21(8-6-20)28(35)31(2)3)27(34)30-23-10-12-25(29)26(18-23)33-15-13-32(4)14-16-33/h5-12,17-18H,13-16H2,1-4H3,(H,30,34).